The van der Waals surface area contributed by atoms with Gasteiger partial charge in [-0.25, -0.2) is 8.78 Å². The molecule has 0 heterocycles. The van der Waals surface area contributed by atoms with Crippen molar-refractivity contribution < 1.29 is 52.7 Å². The zero-order valence-corrected chi connectivity index (χ0v) is 10.5. The van der Waals surface area contributed by atoms with Gasteiger partial charge in [0.1, 0.15) is 0 Å². The topological polar surface area (TPSA) is 26.0 Å². The molecule has 0 aliphatic carbocycles. The molecule has 0 aliphatic rings. The Bertz CT molecular complexity index is 388. The van der Waals surface area contributed by atoms with E-state index in [2.05, 4.69) is 5.73 Å². The Hall–Kier alpha value is -0.880. The van der Waals surface area contributed by atoms with Crippen molar-refractivity contribution in [2.75, 3.05) is 0 Å². The van der Waals surface area contributed by atoms with Gasteiger partial charge in [-0.2, -0.15) is 43.9 Å². The molecule has 1 unspecified atom stereocenters. The van der Waals surface area contributed by atoms with Crippen LogP contribution in [0.1, 0.15) is 13.3 Å². The van der Waals surface area contributed by atoms with E-state index in [1.54, 1.807) is 0 Å². The minimum Gasteiger partial charge on any atom is -0.328 e. The summed E-state index contributed by atoms with van der Waals surface area (Å²) in [7, 11) is 0. The lowest BCUT2D eigenvalue weighted by Gasteiger charge is -2.39. The van der Waals surface area contributed by atoms with Crippen molar-refractivity contribution in [3.05, 3.63) is 0 Å². The SMILES string of the molecule is CC(N)CC(F)(F)C(F)(F)C(F)(F)C(F)(F)C(F)(F)C(F)F. The predicted octanol–water partition coefficient (Wildman–Crippen LogP) is 4.17. The summed E-state index contributed by atoms with van der Waals surface area (Å²) in [5.41, 5.74) is 4.65. The maximum Gasteiger partial charge on any atom is 0.384 e. The highest BCUT2D eigenvalue weighted by atomic mass is 19.4. The van der Waals surface area contributed by atoms with Gasteiger partial charge < -0.3 is 5.73 Å². The molecule has 0 aliphatic heterocycles. The molecule has 1 nitrogen and oxygen atoms in total. The Kier molecular flexibility index (Phi) is 5.41. The number of alkyl halides is 12. The third-order valence-electron chi connectivity index (χ3n) is 2.52. The normalized spacial score (nSPS) is 17.0. The fourth-order valence-corrected chi connectivity index (χ4v) is 1.31. The van der Waals surface area contributed by atoms with Gasteiger partial charge in [-0.15, -0.1) is 0 Å². The maximum absolute atomic E-state index is 13.0. The first-order valence-electron chi connectivity index (χ1n) is 5.29. The van der Waals surface area contributed by atoms with Crippen LogP contribution < -0.4 is 5.73 Å². The summed E-state index contributed by atoms with van der Waals surface area (Å²) in [6.07, 6.45) is -7.77. The Labute approximate surface area is 115 Å². The van der Waals surface area contributed by atoms with Crippen molar-refractivity contribution in [1.82, 2.24) is 0 Å². The number of rotatable bonds is 7. The van der Waals surface area contributed by atoms with Gasteiger partial charge in [-0.05, 0) is 6.92 Å². The molecule has 0 aromatic carbocycles. The lowest BCUT2D eigenvalue weighted by atomic mass is 9.92. The number of hydrogen-bond acceptors (Lipinski definition) is 1. The molecule has 0 saturated carbocycles. The van der Waals surface area contributed by atoms with E-state index in [1.807, 2.05) is 0 Å². The highest BCUT2D eigenvalue weighted by molar-refractivity contribution is 5.09. The molecule has 0 radical (unpaired) electrons. The van der Waals surface area contributed by atoms with Gasteiger partial charge in [-0.1, -0.05) is 0 Å². The highest BCUT2D eigenvalue weighted by Crippen LogP contribution is 2.58. The lowest BCUT2D eigenvalue weighted by molar-refractivity contribution is -0.413. The Morgan fingerprint density at radius 3 is 1.36 bits per heavy atom. The van der Waals surface area contributed by atoms with Crippen LogP contribution in [0.4, 0.5) is 52.7 Å². The van der Waals surface area contributed by atoms with E-state index in [1.165, 1.54) is 0 Å². The van der Waals surface area contributed by atoms with E-state index in [4.69, 9.17) is 0 Å². The maximum atomic E-state index is 13.0. The molecule has 0 rings (SSSR count). The molecule has 22 heavy (non-hydrogen) atoms. The summed E-state index contributed by atoms with van der Waals surface area (Å²) < 4.78 is 152. The minimum absolute atomic E-state index is 0.619. The first-order valence-corrected chi connectivity index (χ1v) is 5.29. The van der Waals surface area contributed by atoms with Gasteiger partial charge in [0.25, 0.3) is 0 Å². The Morgan fingerprint density at radius 2 is 1.09 bits per heavy atom. The van der Waals surface area contributed by atoms with Gasteiger partial charge in [-0.3, -0.25) is 0 Å². The van der Waals surface area contributed by atoms with Crippen LogP contribution in [0.5, 0.6) is 0 Å². The van der Waals surface area contributed by atoms with Gasteiger partial charge in [0.15, 0.2) is 0 Å². The molecule has 0 amide bonds. The van der Waals surface area contributed by atoms with Crippen molar-refractivity contribution in [1.29, 1.82) is 0 Å². The van der Waals surface area contributed by atoms with E-state index >= 15 is 0 Å². The summed E-state index contributed by atoms with van der Waals surface area (Å²) >= 11 is 0. The van der Waals surface area contributed by atoms with Crippen LogP contribution in [-0.2, 0) is 0 Å². The third-order valence-corrected chi connectivity index (χ3v) is 2.52. The second-order valence-corrected chi connectivity index (χ2v) is 4.53. The molecule has 0 spiro atoms. The van der Waals surface area contributed by atoms with Crippen LogP contribution in [0.3, 0.4) is 0 Å². The van der Waals surface area contributed by atoms with Gasteiger partial charge in [0, 0.05) is 12.5 Å². The molecule has 0 aromatic heterocycles. The quantitative estimate of drug-likeness (QED) is 0.679. The second-order valence-electron chi connectivity index (χ2n) is 4.53. The van der Waals surface area contributed by atoms with Crippen molar-refractivity contribution in [3.63, 3.8) is 0 Å². The van der Waals surface area contributed by atoms with Crippen LogP contribution in [0.25, 0.3) is 0 Å². The summed E-state index contributed by atoms with van der Waals surface area (Å²) in [5.74, 6) is -34.9. The van der Waals surface area contributed by atoms with E-state index in [0.29, 0.717) is 6.92 Å². The molecule has 0 bridgehead atoms. The smallest absolute Gasteiger partial charge is 0.328 e. The number of halogens is 12. The van der Waals surface area contributed by atoms with Crippen LogP contribution in [0, 0.1) is 0 Å². The Balaban J connectivity index is 5.99. The Morgan fingerprint density at radius 1 is 0.727 bits per heavy atom. The average Bonchev–Trinajstić information content (AvgIpc) is 2.25. The van der Waals surface area contributed by atoms with E-state index < -0.39 is 48.5 Å². The average molecular weight is 359 g/mol. The summed E-state index contributed by atoms with van der Waals surface area (Å²) in [6, 6.07) is -1.90. The zero-order valence-electron chi connectivity index (χ0n) is 10.5. The van der Waals surface area contributed by atoms with E-state index in [0.717, 1.165) is 0 Å². The van der Waals surface area contributed by atoms with Crippen LogP contribution in [0.15, 0.2) is 0 Å². The first kappa shape index (κ1) is 21.1. The number of nitrogens with two attached hydrogens (primary N) is 1. The summed E-state index contributed by atoms with van der Waals surface area (Å²) in [4.78, 5) is 0. The van der Waals surface area contributed by atoms with Gasteiger partial charge in [0.2, 0.25) is 0 Å². The third kappa shape index (κ3) is 2.95. The fourth-order valence-electron chi connectivity index (χ4n) is 1.31. The molecular weight excluding hydrogens is 350 g/mol. The standard InChI is InChI=1S/C9H9F12N/c1-3(22)2-5(12,13)7(16,17)9(20,21)8(18,19)6(14,15)4(10)11/h3-4H,2,22H2,1H3. The summed E-state index contributed by atoms with van der Waals surface area (Å²) in [5, 5.41) is 0. The van der Waals surface area contributed by atoms with E-state index in [9.17, 15) is 52.7 Å². The predicted molar refractivity (Wildman–Crippen MR) is 49.0 cm³/mol. The second kappa shape index (κ2) is 5.64. The molecule has 1 atom stereocenters. The largest absolute Gasteiger partial charge is 0.384 e. The molecule has 2 N–H and O–H groups in total. The van der Waals surface area contributed by atoms with Gasteiger partial charge in [0.05, 0.1) is 0 Å². The van der Waals surface area contributed by atoms with Crippen LogP contribution in [-0.4, -0.2) is 42.1 Å². The molecule has 0 fully saturated rings. The summed E-state index contributed by atoms with van der Waals surface area (Å²) in [6.45, 7) is 0.619. The highest BCUT2D eigenvalue weighted by Gasteiger charge is 2.87. The van der Waals surface area contributed by atoms with Crippen molar-refractivity contribution in [3.8, 4) is 0 Å². The molecule has 0 saturated heterocycles. The molecule has 0 aromatic rings. The first-order chi connectivity index (χ1) is 9.36. The van der Waals surface area contributed by atoms with Crippen LogP contribution >= 0.6 is 0 Å². The van der Waals surface area contributed by atoms with Crippen molar-refractivity contribution >= 4 is 0 Å². The monoisotopic (exact) mass is 359 g/mol. The fraction of sp³-hybridized carbons (Fsp3) is 1.00. The number of hydrogen-bond donors (Lipinski definition) is 1. The van der Waals surface area contributed by atoms with Crippen LogP contribution in [0.2, 0.25) is 0 Å². The van der Waals surface area contributed by atoms with Crippen molar-refractivity contribution in [2.45, 2.75) is 55.4 Å². The van der Waals surface area contributed by atoms with E-state index in [-0.39, 0.29) is 0 Å². The lowest BCUT2D eigenvalue weighted by Crippen LogP contribution is -2.69. The minimum atomic E-state index is -7.47. The molecule has 13 heteroatoms. The molecule has 134 valence electrons. The molecular formula is C9H9F12N. The van der Waals surface area contributed by atoms with Crippen molar-refractivity contribution in [2.24, 2.45) is 5.73 Å². The van der Waals surface area contributed by atoms with Gasteiger partial charge >= 0.3 is 36.0 Å². The zero-order chi connectivity index (χ0) is 18.4.